The van der Waals surface area contributed by atoms with Gasteiger partial charge in [-0.15, -0.1) is 0 Å². The molecule has 0 saturated carbocycles. The molecule has 0 amide bonds. The van der Waals surface area contributed by atoms with E-state index >= 15 is 0 Å². The molecule has 1 aromatic heterocycles. The second-order valence-electron chi connectivity index (χ2n) is 4.08. The van der Waals surface area contributed by atoms with Crippen LogP contribution in [0.1, 0.15) is 28.8 Å². The summed E-state index contributed by atoms with van der Waals surface area (Å²) in [7, 11) is 0. The molecule has 1 aromatic carbocycles. The van der Waals surface area contributed by atoms with Gasteiger partial charge < -0.3 is 4.74 Å². The molecule has 18 heavy (non-hydrogen) atoms. The van der Waals surface area contributed by atoms with Crippen molar-refractivity contribution in [3.63, 3.8) is 0 Å². The van der Waals surface area contributed by atoms with E-state index in [1.165, 1.54) is 6.92 Å². The minimum atomic E-state index is 0.0373. The van der Waals surface area contributed by atoms with E-state index in [4.69, 9.17) is 4.74 Å². The van der Waals surface area contributed by atoms with Gasteiger partial charge in [0.25, 0.3) is 0 Å². The van der Waals surface area contributed by atoms with Crippen molar-refractivity contribution in [1.29, 1.82) is 0 Å². The summed E-state index contributed by atoms with van der Waals surface area (Å²) >= 11 is 0. The van der Waals surface area contributed by atoms with Crippen LogP contribution in [0.25, 0.3) is 0 Å². The number of benzene rings is 1. The maximum Gasteiger partial charge on any atom is 0.222 e. The fraction of sp³-hybridized carbons (Fsp3) is 0.214. The van der Waals surface area contributed by atoms with Crippen molar-refractivity contribution in [3.8, 4) is 11.6 Å². The Bertz CT molecular complexity index is 557. The van der Waals surface area contributed by atoms with Gasteiger partial charge in [-0.2, -0.15) is 4.98 Å². The van der Waals surface area contributed by atoms with Crippen molar-refractivity contribution in [2.24, 2.45) is 0 Å². The van der Waals surface area contributed by atoms with Gasteiger partial charge in [-0.1, -0.05) is 0 Å². The van der Waals surface area contributed by atoms with Crippen LogP contribution in [-0.4, -0.2) is 15.8 Å². The van der Waals surface area contributed by atoms with Gasteiger partial charge in [0.15, 0.2) is 5.78 Å². The fourth-order valence-corrected chi connectivity index (χ4v) is 1.61. The molecule has 0 radical (unpaired) electrons. The second-order valence-corrected chi connectivity index (χ2v) is 4.08. The first-order valence-corrected chi connectivity index (χ1v) is 5.66. The van der Waals surface area contributed by atoms with Crippen LogP contribution < -0.4 is 4.74 Å². The molecule has 0 N–H and O–H groups in total. The molecule has 92 valence electrons. The molecule has 4 heteroatoms. The predicted molar refractivity (Wildman–Crippen MR) is 68.0 cm³/mol. The molecule has 2 rings (SSSR count). The standard InChI is InChI=1S/C14H14N2O2/c1-9-8-14(16-11(3)15-9)18-13-6-4-12(5-7-13)10(2)17/h4-8H,1-3H3. The molecule has 0 spiro atoms. The molecule has 0 fully saturated rings. The van der Waals surface area contributed by atoms with E-state index in [0.29, 0.717) is 23.0 Å². The Morgan fingerprint density at radius 2 is 1.78 bits per heavy atom. The first-order chi connectivity index (χ1) is 8.54. The molecule has 1 heterocycles. The van der Waals surface area contributed by atoms with E-state index < -0.39 is 0 Å². The van der Waals surface area contributed by atoms with Crippen LogP contribution in [-0.2, 0) is 0 Å². The molecule has 0 aliphatic rings. The van der Waals surface area contributed by atoms with Gasteiger partial charge in [0.2, 0.25) is 5.88 Å². The number of hydrogen-bond donors (Lipinski definition) is 0. The van der Waals surface area contributed by atoms with Crippen LogP contribution in [0.3, 0.4) is 0 Å². The average molecular weight is 242 g/mol. The number of carbonyl (C=O) groups excluding carboxylic acids is 1. The molecule has 0 saturated heterocycles. The van der Waals surface area contributed by atoms with Crippen LogP contribution in [0.4, 0.5) is 0 Å². The van der Waals surface area contributed by atoms with Gasteiger partial charge in [-0.3, -0.25) is 4.79 Å². The lowest BCUT2D eigenvalue weighted by Crippen LogP contribution is -1.96. The number of hydrogen-bond acceptors (Lipinski definition) is 4. The summed E-state index contributed by atoms with van der Waals surface area (Å²) in [5.74, 6) is 1.87. The smallest absolute Gasteiger partial charge is 0.222 e. The minimum absolute atomic E-state index is 0.0373. The van der Waals surface area contributed by atoms with Gasteiger partial charge in [0.1, 0.15) is 11.6 Å². The molecule has 0 unspecified atom stereocenters. The summed E-state index contributed by atoms with van der Waals surface area (Å²) in [5.41, 5.74) is 1.52. The Morgan fingerprint density at radius 1 is 1.11 bits per heavy atom. The van der Waals surface area contributed by atoms with E-state index in [0.717, 1.165) is 5.69 Å². The Hall–Kier alpha value is -2.23. The lowest BCUT2D eigenvalue weighted by Gasteiger charge is -2.06. The maximum atomic E-state index is 11.1. The lowest BCUT2D eigenvalue weighted by atomic mass is 10.1. The van der Waals surface area contributed by atoms with Crippen molar-refractivity contribution in [3.05, 3.63) is 47.4 Å². The van der Waals surface area contributed by atoms with Crippen molar-refractivity contribution >= 4 is 5.78 Å². The number of Topliss-reactive ketones (excluding diaryl/α,β-unsaturated/α-hetero) is 1. The Balaban J connectivity index is 2.20. The lowest BCUT2D eigenvalue weighted by molar-refractivity contribution is 0.101. The van der Waals surface area contributed by atoms with Crippen LogP contribution in [0.15, 0.2) is 30.3 Å². The van der Waals surface area contributed by atoms with Crippen LogP contribution in [0.5, 0.6) is 11.6 Å². The number of ketones is 1. The third-order valence-corrected chi connectivity index (χ3v) is 2.43. The second kappa shape index (κ2) is 4.96. The molecule has 4 nitrogen and oxygen atoms in total. The van der Waals surface area contributed by atoms with E-state index in [-0.39, 0.29) is 5.78 Å². The number of aromatic nitrogens is 2. The van der Waals surface area contributed by atoms with E-state index in [9.17, 15) is 4.79 Å². The summed E-state index contributed by atoms with van der Waals surface area (Å²) in [6.07, 6.45) is 0. The number of rotatable bonds is 3. The fourth-order valence-electron chi connectivity index (χ4n) is 1.61. The highest BCUT2D eigenvalue weighted by Gasteiger charge is 2.03. The summed E-state index contributed by atoms with van der Waals surface area (Å²) in [4.78, 5) is 19.5. The topological polar surface area (TPSA) is 52.1 Å². The first-order valence-electron chi connectivity index (χ1n) is 5.66. The molecule has 0 aliphatic carbocycles. The number of carbonyl (C=O) groups is 1. The zero-order valence-corrected chi connectivity index (χ0v) is 10.6. The third-order valence-electron chi connectivity index (χ3n) is 2.43. The highest BCUT2D eigenvalue weighted by atomic mass is 16.5. The first kappa shape index (κ1) is 12.2. The predicted octanol–water partition coefficient (Wildman–Crippen LogP) is 3.09. The van der Waals surface area contributed by atoms with Gasteiger partial charge in [-0.25, -0.2) is 4.98 Å². The monoisotopic (exact) mass is 242 g/mol. The Labute approximate surface area is 106 Å². The number of nitrogens with zero attached hydrogens (tertiary/aromatic N) is 2. The zero-order chi connectivity index (χ0) is 13.1. The van der Waals surface area contributed by atoms with Crippen LogP contribution in [0.2, 0.25) is 0 Å². The van der Waals surface area contributed by atoms with Crippen LogP contribution >= 0.6 is 0 Å². The zero-order valence-electron chi connectivity index (χ0n) is 10.6. The molecule has 0 atom stereocenters. The molecular formula is C14H14N2O2. The highest BCUT2D eigenvalue weighted by Crippen LogP contribution is 2.20. The highest BCUT2D eigenvalue weighted by molar-refractivity contribution is 5.94. The van der Waals surface area contributed by atoms with E-state index in [1.807, 2.05) is 13.8 Å². The minimum Gasteiger partial charge on any atom is -0.439 e. The Morgan fingerprint density at radius 3 is 2.33 bits per heavy atom. The average Bonchev–Trinajstić information content (AvgIpc) is 2.28. The van der Waals surface area contributed by atoms with E-state index in [2.05, 4.69) is 9.97 Å². The third kappa shape index (κ3) is 2.91. The summed E-state index contributed by atoms with van der Waals surface area (Å²) in [6.45, 7) is 5.24. The number of aryl methyl sites for hydroxylation is 2. The van der Waals surface area contributed by atoms with Crippen molar-refractivity contribution < 1.29 is 9.53 Å². The maximum absolute atomic E-state index is 11.1. The van der Waals surface area contributed by atoms with Gasteiger partial charge >= 0.3 is 0 Å². The van der Waals surface area contributed by atoms with Gasteiger partial charge in [0, 0.05) is 17.3 Å². The summed E-state index contributed by atoms with van der Waals surface area (Å²) in [5, 5.41) is 0. The van der Waals surface area contributed by atoms with Crippen LogP contribution in [0, 0.1) is 13.8 Å². The quantitative estimate of drug-likeness (QED) is 0.776. The molecule has 2 aromatic rings. The summed E-state index contributed by atoms with van der Waals surface area (Å²) in [6, 6.07) is 8.75. The summed E-state index contributed by atoms with van der Waals surface area (Å²) < 4.78 is 5.61. The molecule has 0 bridgehead atoms. The van der Waals surface area contributed by atoms with Gasteiger partial charge in [0.05, 0.1) is 0 Å². The molecular weight excluding hydrogens is 228 g/mol. The Kier molecular flexibility index (Phi) is 3.37. The number of ether oxygens (including phenoxy) is 1. The largest absolute Gasteiger partial charge is 0.439 e. The van der Waals surface area contributed by atoms with Gasteiger partial charge in [-0.05, 0) is 45.0 Å². The molecule has 0 aliphatic heterocycles. The van der Waals surface area contributed by atoms with Crippen molar-refractivity contribution in [2.45, 2.75) is 20.8 Å². The van der Waals surface area contributed by atoms with E-state index in [1.54, 1.807) is 30.3 Å². The normalized spacial score (nSPS) is 10.2. The SMILES string of the molecule is CC(=O)c1ccc(Oc2cc(C)nc(C)n2)cc1. The van der Waals surface area contributed by atoms with Crippen molar-refractivity contribution in [1.82, 2.24) is 9.97 Å². The van der Waals surface area contributed by atoms with Crippen molar-refractivity contribution in [2.75, 3.05) is 0 Å².